The molecule has 3 aromatic rings. The van der Waals surface area contributed by atoms with E-state index in [0.29, 0.717) is 33.1 Å². The maximum absolute atomic E-state index is 12.6. The first-order valence-electron chi connectivity index (χ1n) is 7.55. The van der Waals surface area contributed by atoms with Gasteiger partial charge in [0.05, 0.1) is 17.8 Å². The summed E-state index contributed by atoms with van der Waals surface area (Å²) in [5.74, 6) is -2.85. The van der Waals surface area contributed by atoms with Crippen LogP contribution < -0.4 is 5.32 Å². The number of amides is 1. The van der Waals surface area contributed by atoms with Crippen molar-refractivity contribution in [2.45, 2.75) is 17.1 Å². The predicted octanol–water partition coefficient (Wildman–Crippen LogP) is 5.96. The Labute approximate surface area is 162 Å². The summed E-state index contributed by atoms with van der Waals surface area (Å²) in [5.41, 5.74) is 1.91. The van der Waals surface area contributed by atoms with Gasteiger partial charge in [0.15, 0.2) is 0 Å². The van der Waals surface area contributed by atoms with Crippen molar-refractivity contribution in [2.75, 3.05) is 5.32 Å². The molecule has 26 heavy (non-hydrogen) atoms. The maximum atomic E-state index is 12.6. The number of alkyl halides is 2. The fourth-order valence-corrected chi connectivity index (χ4v) is 3.79. The standard InChI is InChI=1S/C18H13ClF2N2OS2/c19-12-7-5-11(6-8-12)17-22-13(10-25-17)9-16(24)23-14-3-1-2-4-15(14)26-18(20)21/h1-8,10,18H,9H2,(H,23,24). The lowest BCUT2D eigenvalue weighted by atomic mass is 10.2. The lowest BCUT2D eigenvalue weighted by Gasteiger charge is -2.09. The summed E-state index contributed by atoms with van der Waals surface area (Å²) in [6, 6.07) is 13.8. The van der Waals surface area contributed by atoms with E-state index >= 15 is 0 Å². The first-order chi connectivity index (χ1) is 12.5. The Balaban J connectivity index is 1.67. The van der Waals surface area contributed by atoms with Crippen LogP contribution in [0.1, 0.15) is 5.69 Å². The second-order valence-corrected chi connectivity index (χ2v) is 7.58. The molecule has 8 heteroatoms. The van der Waals surface area contributed by atoms with E-state index in [9.17, 15) is 13.6 Å². The van der Waals surface area contributed by atoms with E-state index in [1.807, 2.05) is 17.5 Å². The van der Waals surface area contributed by atoms with Crippen molar-refractivity contribution < 1.29 is 13.6 Å². The number of hydrogen-bond donors (Lipinski definition) is 1. The van der Waals surface area contributed by atoms with Crippen LogP contribution in [0.4, 0.5) is 14.5 Å². The molecule has 2 aromatic carbocycles. The summed E-state index contributed by atoms with van der Waals surface area (Å²) in [6.45, 7) is 0. The van der Waals surface area contributed by atoms with Crippen molar-refractivity contribution in [2.24, 2.45) is 0 Å². The minimum atomic E-state index is -2.55. The van der Waals surface area contributed by atoms with Crippen molar-refractivity contribution in [3.63, 3.8) is 0 Å². The van der Waals surface area contributed by atoms with Gasteiger partial charge in [0, 0.05) is 20.9 Å². The zero-order chi connectivity index (χ0) is 18.5. The zero-order valence-electron chi connectivity index (χ0n) is 13.3. The van der Waals surface area contributed by atoms with Crippen LogP contribution in [-0.4, -0.2) is 16.6 Å². The number of rotatable bonds is 6. The van der Waals surface area contributed by atoms with Gasteiger partial charge in [-0.05, 0) is 24.3 Å². The van der Waals surface area contributed by atoms with Gasteiger partial charge in [-0.25, -0.2) is 4.98 Å². The van der Waals surface area contributed by atoms with Crippen LogP contribution >= 0.6 is 34.7 Å². The molecule has 0 spiro atoms. The highest BCUT2D eigenvalue weighted by molar-refractivity contribution is 7.99. The molecule has 1 aromatic heterocycles. The van der Waals surface area contributed by atoms with E-state index in [0.717, 1.165) is 10.6 Å². The van der Waals surface area contributed by atoms with Crippen LogP contribution in [0.25, 0.3) is 10.6 Å². The highest BCUT2D eigenvalue weighted by atomic mass is 35.5. The molecule has 0 aliphatic heterocycles. The van der Waals surface area contributed by atoms with Gasteiger partial charge in [0.25, 0.3) is 5.76 Å². The quantitative estimate of drug-likeness (QED) is 0.510. The summed E-state index contributed by atoms with van der Waals surface area (Å²) in [4.78, 5) is 17.0. The Morgan fingerprint density at radius 1 is 1.19 bits per heavy atom. The zero-order valence-corrected chi connectivity index (χ0v) is 15.7. The molecule has 0 saturated carbocycles. The van der Waals surface area contributed by atoms with Gasteiger partial charge in [0.2, 0.25) is 5.91 Å². The average Bonchev–Trinajstić information content (AvgIpc) is 3.05. The third kappa shape index (κ3) is 5.03. The molecular formula is C18H13ClF2N2OS2. The van der Waals surface area contributed by atoms with Crippen LogP contribution in [0, 0.1) is 0 Å². The van der Waals surface area contributed by atoms with Crippen LogP contribution in [0.2, 0.25) is 5.02 Å². The lowest BCUT2D eigenvalue weighted by molar-refractivity contribution is -0.115. The summed E-state index contributed by atoms with van der Waals surface area (Å²) < 4.78 is 25.2. The summed E-state index contributed by atoms with van der Waals surface area (Å²) >= 11 is 7.71. The molecule has 3 rings (SSSR count). The fourth-order valence-electron chi connectivity index (χ4n) is 2.24. The normalized spacial score (nSPS) is 10.9. The summed E-state index contributed by atoms with van der Waals surface area (Å²) in [5, 5.41) is 5.92. The molecular weight excluding hydrogens is 398 g/mol. The van der Waals surface area contributed by atoms with Gasteiger partial charge in [-0.3, -0.25) is 4.79 Å². The third-order valence-corrected chi connectivity index (χ3v) is 5.34. The molecule has 0 aliphatic rings. The van der Waals surface area contributed by atoms with Crippen LogP contribution in [0.3, 0.4) is 0 Å². The van der Waals surface area contributed by atoms with Crippen molar-refractivity contribution in [3.8, 4) is 10.6 Å². The van der Waals surface area contributed by atoms with Gasteiger partial charge in [-0.1, -0.05) is 47.6 Å². The number of nitrogens with one attached hydrogen (secondary N) is 1. The van der Waals surface area contributed by atoms with Crippen molar-refractivity contribution in [1.29, 1.82) is 0 Å². The fraction of sp³-hybridized carbons (Fsp3) is 0.111. The van der Waals surface area contributed by atoms with Crippen LogP contribution in [-0.2, 0) is 11.2 Å². The molecule has 0 bridgehead atoms. The van der Waals surface area contributed by atoms with Crippen LogP contribution in [0.15, 0.2) is 58.8 Å². The Bertz CT molecular complexity index is 900. The first-order valence-corrected chi connectivity index (χ1v) is 9.69. The highest BCUT2D eigenvalue weighted by Gasteiger charge is 2.13. The number of carbonyl (C=O) groups is 1. The number of nitrogens with zero attached hydrogens (tertiary/aromatic N) is 1. The predicted molar refractivity (Wildman–Crippen MR) is 103 cm³/mol. The molecule has 0 aliphatic carbocycles. The molecule has 1 heterocycles. The van der Waals surface area contributed by atoms with E-state index in [4.69, 9.17) is 11.6 Å². The Kier molecular flexibility index (Phi) is 6.24. The lowest BCUT2D eigenvalue weighted by Crippen LogP contribution is -2.15. The number of para-hydroxylation sites is 1. The molecule has 3 nitrogen and oxygen atoms in total. The number of benzene rings is 2. The molecule has 1 N–H and O–H groups in total. The van der Waals surface area contributed by atoms with E-state index in [-0.39, 0.29) is 12.3 Å². The number of aromatic nitrogens is 1. The molecule has 0 saturated heterocycles. The number of thiazole rings is 1. The third-order valence-electron chi connectivity index (χ3n) is 3.36. The van der Waals surface area contributed by atoms with E-state index in [2.05, 4.69) is 10.3 Å². The monoisotopic (exact) mass is 410 g/mol. The van der Waals surface area contributed by atoms with E-state index < -0.39 is 5.76 Å². The number of thioether (sulfide) groups is 1. The SMILES string of the molecule is O=C(Cc1csc(-c2ccc(Cl)cc2)n1)Nc1ccccc1SC(F)F. The number of carbonyl (C=O) groups excluding carboxylic acids is 1. The largest absolute Gasteiger partial charge is 0.325 e. The minimum absolute atomic E-state index is 0.0672. The van der Waals surface area contributed by atoms with Gasteiger partial charge in [0.1, 0.15) is 5.01 Å². The maximum Gasteiger partial charge on any atom is 0.288 e. The molecule has 0 atom stereocenters. The number of hydrogen-bond acceptors (Lipinski definition) is 4. The van der Waals surface area contributed by atoms with Crippen molar-refractivity contribution in [1.82, 2.24) is 4.98 Å². The number of halogens is 3. The van der Waals surface area contributed by atoms with Gasteiger partial charge in [-0.2, -0.15) is 8.78 Å². The highest BCUT2D eigenvalue weighted by Crippen LogP contribution is 2.32. The molecule has 134 valence electrons. The second-order valence-electron chi connectivity index (χ2n) is 5.25. The van der Waals surface area contributed by atoms with Crippen molar-refractivity contribution in [3.05, 3.63) is 64.6 Å². The number of anilines is 1. The smallest absolute Gasteiger partial charge is 0.288 e. The van der Waals surface area contributed by atoms with Gasteiger partial charge < -0.3 is 5.32 Å². The van der Waals surface area contributed by atoms with Crippen molar-refractivity contribution >= 4 is 46.3 Å². The Morgan fingerprint density at radius 2 is 1.92 bits per heavy atom. The molecule has 0 unspecified atom stereocenters. The topological polar surface area (TPSA) is 42.0 Å². The Hall–Kier alpha value is -1.96. The molecule has 0 fully saturated rings. The summed E-state index contributed by atoms with van der Waals surface area (Å²) in [6.07, 6.45) is 0.0672. The van der Waals surface area contributed by atoms with Crippen LogP contribution in [0.5, 0.6) is 0 Å². The van der Waals surface area contributed by atoms with Gasteiger partial charge in [-0.15, -0.1) is 11.3 Å². The molecule has 0 radical (unpaired) electrons. The van der Waals surface area contributed by atoms with E-state index in [1.165, 1.54) is 11.3 Å². The first kappa shape index (κ1) is 18.8. The minimum Gasteiger partial charge on any atom is -0.325 e. The summed E-state index contributed by atoms with van der Waals surface area (Å²) in [7, 11) is 0. The second kappa shape index (κ2) is 8.62. The van der Waals surface area contributed by atoms with Gasteiger partial charge >= 0.3 is 0 Å². The average molecular weight is 411 g/mol. The Morgan fingerprint density at radius 3 is 2.65 bits per heavy atom. The van der Waals surface area contributed by atoms with E-state index in [1.54, 1.807) is 36.4 Å². The molecule has 1 amide bonds.